The van der Waals surface area contributed by atoms with E-state index in [-0.39, 0.29) is 17.6 Å². The van der Waals surface area contributed by atoms with Crippen molar-refractivity contribution in [2.45, 2.75) is 39.0 Å². The molecular formula is C12H23NO3S. The third-order valence-electron chi connectivity index (χ3n) is 3.25. The summed E-state index contributed by atoms with van der Waals surface area (Å²) in [6.45, 7) is 3.52. The van der Waals surface area contributed by atoms with Crippen LogP contribution in [0.1, 0.15) is 39.0 Å². The summed E-state index contributed by atoms with van der Waals surface area (Å²) in [5.74, 6) is 0.731. The molecule has 1 aliphatic rings. The quantitative estimate of drug-likeness (QED) is 0.753. The Morgan fingerprint density at radius 3 is 2.35 bits per heavy atom. The number of unbranched alkanes of at least 4 members (excludes halogenated alkanes) is 1. The molecule has 0 aromatic heterocycles. The van der Waals surface area contributed by atoms with E-state index in [4.69, 9.17) is 0 Å². The standard InChI is InChI=1S/C12H23NO3S/c1-3-4-5-12(14)13-8-6-11(7-9-13)10-17(2,15)16/h11H,3-10H2,1-2H3. The molecule has 4 nitrogen and oxygen atoms in total. The molecular weight excluding hydrogens is 238 g/mol. The van der Waals surface area contributed by atoms with E-state index in [1.807, 2.05) is 4.90 Å². The Hall–Kier alpha value is -0.580. The lowest BCUT2D eigenvalue weighted by atomic mass is 9.98. The molecule has 0 N–H and O–H groups in total. The van der Waals surface area contributed by atoms with Gasteiger partial charge in [0, 0.05) is 25.8 Å². The topological polar surface area (TPSA) is 54.5 Å². The predicted octanol–water partition coefficient (Wildman–Crippen LogP) is 1.46. The molecule has 0 aliphatic carbocycles. The summed E-state index contributed by atoms with van der Waals surface area (Å²) >= 11 is 0. The van der Waals surface area contributed by atoms with Gasteiger partial charge in [-0.3, -0.25) is 4.79 Å². The van der Waals surface area contributed by atoms with Gasteiger partial charge in [0.2, 0.25) is 5.91 Å². The van der Waals surface area contributed by atoms with Crippen LogP contribution in [-0.2, 0) is 14.6 Å². The molecule has 1 saturated heterocycles. The molecule has 0 bridgehead atoms. The molecule has 100 valence electrons. The molecule has 0 aromatic carbocycles. The van der Waals surface area contributed by atoms with Gasteiger partial charge < -0.3 is 4.90 Å². The van der Waals surface area contributed by atoms with Crippen LogP contribution in [0.3, 0.4) is 0 Å². The second-order valence-corrected chi connectivity index (χ2v) is 7.20. The molecule has 1 amide bonds. The number of piperidine rings is 1. The van der Waals surface area contributed by atoms with E-state index in [0.717, 1.165) is 38.8 Å². The number of hydrogen-bond donors (Lipinski definition) is 0. The van der Waals surface area contributed by atoms with Crippen LogP contribution in [0.4, 0.5) is 0 Å². The number of hydrogen-bond acceptors (Lipinski definition) is 3. The molecule has 0 atom stereocenters. The van der Waals surface area contributed by atoms with E-state index < -0.39 is 9.84 Å². The lowest BCUT2D eigenvalue weighted by Crippen LogP contribution is -2.39. The second kappa shape index (κ2) is 6.38. The van der Waals surface area contributed by atoms with Gasteiger partial charge >= 0.3 is 0 Å². The first-order chi connectivity index (χ1) is 7.92. The monoisotopic (exact) mass is 261 g/mol. The van der Waals surface area contributed by atoms with Gasteiger partial charge in [0.1, 0.15) is 9.84 Å². The zero-order valence-electron chi connectivity index (χ0n) is 10.8. The van der Waals surface area contributed by atoms with Crippen LogP contribution in [-0.4, -0.2) is 44.3 Å². The minimum absolute atomic E-state index is 0.227. The third-order valence-corrected chi connectivity index (χ3v) is 4.33. The van der Waals surface area contributed by atoms with Crippen molar-refractivity contribution >= 4 is 15.7 Å². The summed E-state index contributed by atoms with van der Waals surface area (Å²) < 4.78 is 22.4. The fourth-order valence-electron chi connectivity index (χ4n) is 2.26. The summed E-state index contributed by atoms with van der Waals surface area (Å²) in [6.07, 6.45) is 5.55. The lowest BCUT2D eigenvalue weighted by Gasteiger charge is -2.31. The largest absolute Gasteiger partial charge is 0.343 e. The minimum atomic E-state index is -2.88. The Labute approximate surface area is 104 Å². The van der Waals surface area contributed by atoms with E-state index in [1.165, 1.54) is 6.26 Å². The number of likely N-dealkylation sites (tertiary alicyclic amines) is 1. The van der Waals surface area contributed by atoms with Crippen molar-refractivity contribution < 1.29 is 13.2 Å². The highest BCUT2D eigenvalue weighted by molar-refractivity contribution is 7.90. The number of carbonyl (C=O) groups is 1. The van der Waals surface area contributed by atoms with E-state index >= 15 is 0 Å². The van der Waals surface area contributed by atoms with Crippen molar-refractivity contribution in [3.63, 3.8) is 0 Å². The first-order valence-corrected chi connectivity index (χ1v) is 8.44. The number of nitrogens with zero attached hydrogens (tertiary/aromatic N) is 1. The van der Waals surface area contributed by atoms with Crippen LogP contribution in [0.5, 0.6) is 0 Å². The van der Waals surface area contributed by atoms with Crippen molar-refractivity contribution in [2.75, 3.05) is 25.1 Å². The maximum absolute atomic E-state index is 11.8. The van der Waals surface area contributed by atoms with E-state index in [2.05, 4.69) is 6.92 Å². The van der Waals surface area contributed by atoms with Crippen molar-refractivity contribution in [1.29, 1.82) is 0 Å². The molecule has 1 aliphatic heterocycles. The van der Waals surface area contributed by atoms with Crippen molar-refractivity contribution in [1.82, 2.24) is 4.90 Å². The van der Waals surface area contributed by atoms with Gasteiger partial charge in [-0.05, 0) is 25.2 Å². The highest BCUT2D eigenvalue weighted by Crippen LogP contribution is 2.19. The molecule has 17 heavy (non-hydrogen) atoms. The van der Waals surface area contributed by atoms with Crippen molar-refractivity contribution in [3.8, 4) is 0 Å². The van der Waals surface area contributed by atoms with Crippen LogP contribution >= 0.6 is 0 Å². The Morgan fingerprint density at radius 1 is 1.29 bits per heavy atom. The summed E-state index contributed by atoms with van der Waals surface area (Å²) in [4.78, 5) is 13.6. The van der Waals surface area contributed by atoms with Crippen molar-refractivity contribution in [3.05, 3.63) is 0 Å². The summed E-state index contributed by atoms with van der Waals surface area (Å²) in [6, 6.07) is 0. The molecule has 0 spiro atoms. The minimum Gasteiger partial charge on any atom is -0.343 e. The zero-order valence-corrected chi connectivity index (χ0v) is 11.6. The zero-order chi connectivity index (χ0) is 12.9. The van der Waals surface area contributed by atoms with Gasteiger partial charge in [-0.2, -0.15) is 0 Å². The summed E-state index contributed by atoms with van der Waals surface area (Å²) in [7, 11) is -2.88. The fourth-order valence-corrected chi connectivity index (χ4v) is 3.45. The Bertz CT molecular complexity index is 343. The highest BCUT2D eigenvalue weighted by atomic mass is 32.2. The molecule has 5 heteroatoms. The molecule has 0 unspecified atom stereocenters. The van der Waals surface area contributed by atoms with Crippen LogP contribution in [0.15, 0.2) is 0 Å². The smallest absolute Gasteiger partial charge is 0.222 e. The SMILES string of the molecule is CCCCC(=O)N1CCC(CS(C)(=O)=O)CC1. The Morgan fingerprint density at radius 2 is 1.88 bits per heavy atom. The van der Waals surface area contributed by atoms with Gasteiger partial charge in [0.25, 0.3) is 0 Å². The van der Waals surface area contributed by atoms with Crippen LogP contribution in [0, 0.1) is 5.92 Å². The fraction of sp³-hybridized carbons (Fsp3) is 0.917. The Kier molecular flexibility index (Phi) is 5.43. The number of amides is 1. The average molecular weight is 261 g/mol. The molecule has 0 saturated carbocycles. The summed E-state index contributed by atoms with van der Waals surface area (Å²) in [5.41, 5.74) is 0. The van der Waals surface area contributed by atoms with Gasteiger partial charge in [-0.25, -0.2) is 8.42 Å². The molecule has 1 fully saturated rings. The van der Waals surface area contributed by atoms with Gasteiger partial charge in [-0.1, -0.05) is 13.3 Å². The first kappa shape index (κ1) is 14.5. The first-order valence-electron chi connectivity index (χ1n) is 6.38. The van der Waals surface area contributed by atoms with Gasteiger partial charge in [0.15, 0.2) is 0 Å². The average Bonchev–Trinajstić information content (AvgIpc) is 2.24. The predicted molar refractivity (Wildman–Crippen MR) is 68.5 cm³/mol. The van der Waals surface area contributed by atoms with Crippen LogP contribution in [0.2, 0.25) is 0 Å². The van der Waals surface area contributed by atoms with E-state index in [0.29, 0.717) is 6.42 Å². The van der Waals surface area contributed by atoms with Crippen LogP contribution in [0.25, 0.3) is 0 Å². The maximum atomic E-state index is 11.8. The Balaban J connectivity index is 2.33. The maximum Gasteiger partial charge on any atom is 0.222 e. The van der Waals surface area contributed by atoms with Crippen molar-refractivity contribution in [2.24, 2.45) is 5.92 Å². The molecule has 0 radical (unpaired) electrons. The molecule has 1 heterocycles. The van der Waals surface area contributed by atoms with Crippen LogP contribution < -0.4 is 0 Å². The number of rotatable bonds is 5. The van der Waals surface area contributed by atoms with Gasteiger partial charge in [0.05, 0.1) is 5.75 Å². The highest BCUT2D eigenvalue weighted by Gasteiger charge is 2.24. The third kappa shape index (κ3) is 5.52. The number of carbonyl (C=O) groups excluding carboxylic acids is 1. The molecule has 1 rings (SSSR count). The van der Waals surface area contributed by atoms with E-state index in [1.54, 1.807) is 0 Å². The normalized spacial score (nSPS) is 18.4. The lowest BCUT2D eigenvalue weighted by molar-refractivity contribution is -0.132. The van der Waals surface area contributed by atoms with E-state index in [9.17, 15) is 13.2 Å². The molecule has 0 aromatic rings. The van der Waals surface area contributed by atoms with Gasteiger partial charge in [-0.15, -0.1) is 0 Å². The summed E-state index contributed by atoms with van der Waals surface area (Å²) in [5, 5.41) is 0. The number of sulfone groups is 1. The second-order valence-electron chi connectivity index (χ2n) is 5.02.